The van der Waals surface area contributed by atoms with Crippen LogP contribution >= 0.6 is 27.3 Å². The molecule has 0 amide bonds. The molecule has 2 nitrogen and oxygen atoms in total. The predicted octanol–water partition coefficient (Wildman–Crippen LogP) is 4.42. The van der Waals surface area contributed by atoms with Crippen LogP contribution in [0.5, 0.6) is 0 Å². The average molecular weight is 325 g/mol. The lowest BCUT2D eigenvalue weighted by Crippen LogP contribution is -2.14. The number of benzene rings is 1. The Hall–Kier alpha value is -0.820. The molecular formula is C10H8BrF3N2S. The molecule has 2 aromatic rings. The second-order valence-corrected chi connectivity index (χ2v) is 5.37. The zero-order valence-corrected chi connectivity index (χ0v) is 10.9. The fourth-order valence-corrected chi connectivity index (χ4v) is 2.51. The number of rotatable bonds is 3. The van der Waals surface area contributed by atoms with Gasteiger partial charge in [-0.2, -0.15) is 13.2 Å². The summed E-state index contributed by atoms with van der Waals surface area (Å²) in [6, 6.07) is 5.59. The van der Waals surface area contributed by atoms with Gasteiger partial charge in [0.15, 0.2) is 5.13 Å². The largest absolute Gasteiger partial charge is 0.390 e. The van der Waals surface area contributed by atoms with E-state index in [-0.39, 0.29) is 6.54 Å². The molecule has 92 valence electrons. The van der Waals surface area contributed by atoms with E-state index in [4.69, 9.17) is 0 Å². The third-order valence-electron chi connectivity index (χ3n) is 2.03. The Morgan fingerprint density at radius 3 is 2.82 bits per heavy atom. The van der Waals surface area contributed by atoms with Crippen LogP contribution in [-0.2, 0) is 0 Å². The second kappa shape index (κ2) is 4.81. The van der Waals surface area contributed by atoms with Gasteiger partial charge in [0.2, 0.25) is 0 Å². The Morgan fingerprint density at radius 1 is 1.35 bits per heavy atom. The van der Waals surface area contributed by atoms with E-state index >= 15 is 0 Å². The fraction of sp³-hybridized carbons (Fsp3) is 0.300. The first-order valence-corrected chi connectivity index (χ1v) is 6.42. The Morgan fingerprint density at radius 2 is 2.12 bits per heavy atom. The van der Waals surface area contributed by atoms with Crippen LogP contribution in [0.3, 0.4) is 0 Å². The van der Waals surface area contributed by atoms with Crippen molar-refractivity contribution in [2.45, 2.75) is 12.6 Å². The Balaban J connectivity index is 2.05. The maximum absolute atomic E-state index is 12.0. The molecule has 0 aliphatic rings. The fourth-order valence-electron chi connectivity index (χ4n) is 1.29. The molecule has 0 atom stereocenters. The molecule has 17 heavy (non-hydrogen) atoms. The average Bonchev–Trinajstić information content (AvgIpc) is 2.57. The van der Waals surface area contributed by atoms with Crippen LogP contribution in [0.1, 0.15) is 6.42 Å². The van der Waals surface area contributed by atoms with Gasteiger partial charge in [-0.15, -0.1) is 0 Å². The Kier molecular flexibility index (Phi) is 3.58. The summed E-state index contributed by atoms with van der Waals surface area (Å²) >= 11 is 4.66. The summed E-state index contributed by atoms with van der Waals surface area (Å²) in [5.41, 5.74) is 0.777. The number of anilines is 1. The molecule has 0 saturated heterocycles. The van der Waals surface area contributed by atoms with Gasteiger partial charge in [-0.3, -0.25) is 0 Å². The highest BCUT2D eigenvalue weighted by Crippen LogP contribution is 2.28. The topological polar surface area (TPSA) is 24.9 Å². The molecule has 0 unspecified atom stereocenters. The predicted molar refractivity (Wildman–Crippen MR) is 66.5 cm³/mol. The van der Waals surface area contributed by atoms with E-state index in [1.165, 1.54) is 11.3 Å². The van der Waals surface area contributed by atoms with Gasteiger partial charge >= 0.3 is 6.18 Å². The zero-order chi connectivity index (χ0) is 12.5. The highest BCUT2D eigenvalue weighted by molar-refractivity contribution is 9.10. The molecule has 7 heteroatoms. The molecule has 1 aromatic heterocycles. The van der Waals surface area contributed by atoms with E-state index in [0.717, 1.165) is 14.7 Å². The number of aromatic nitrogens is 1. The van der Waals surface area contributed by atoms with Gasteiger partial charge in [0.1, 0.15) is 0 Å². The van der Waals surface area contributed by atoms with Gasteiger partial charge in [0.25, 0.3) is 0 Å². The maximum Gasteiger partial charge on any atom is 0.390 e. The number of thiazole rings is 1. The first kappa shape index (κ1) is 12.6. The molecule has 1 aromatic carbocycles. The quantitative estimate of drug-likeness (QED) is 0.903. The van der Waals surface area contributed by atoms with Crippen molar-refractivity contribution in [1.29, 1.82) is 0 Å². The van der Waals surface area contributed by atoms with Crippen LogP contribution in [0, 0.1) is 0 Å². The first-order chi connectivity index (χ1) is 7.94. The monoisotopic (exact) mass is 324 g/mol. The van der Waals surface area contributed by atoms with Crippen LogP contribution in [0.4, 0.5) is 18.3 Å². The van der Waals surface area contributed by atoms with Crippen LogP contribution in [0.15, 0.2) is 22.7 Å². The minimum Gasteiger partial charge on any atom is -0.361 e. The van der Waals surface area contributed by atoms with Gasteiger partial charge in [0, 0.05) is 11.0 Å². The third-order valence-corrected chi connectivity index (χ3v) is 3.52. The summed E-state index contributed by atoms with van der Waals surface area (Å²) in [6.45, 7) is -0.148. The molecule has 0 aliphatic carbocycles. The normalized spacial score (nSPS) is 12.0. The minimum atomic E-state index is -4.13. The molecule has 1 heterocycles. The molecule has 0 fully saturated rings. The van der Waals surface area contributed by atoms with Crippen LogP contribution in [-0.4, -0.2) is 17.7 Å². The van der Waals surface area contributed by atoms with Gasteiger partial charge in [-0.25, -0.2) is 4.98 Å². The lowest BCUT2D eigenvalue weighted by atomic mass is 10.3. The van der Waals surface area contributed by atoms with Gasteiger partial charge in [-0.05, 0) is 18.2 Å². The summed E-state index contributed by atoms with van der Waals surface area (Å²) in [5.74, 6) is 0. The van der Waals surface area contributed by atoms with Crippen LogP contribution < -0.4 is 5.32 Å². The number of nitrogens with zero attached hydrogens (tertiary/aromatic N) is 1. The highest BCUT2D eigenvalue weighted by atomic mass is 79.9. The van der Waals surface area contributed by atoms with Gasteiger partial charge in [-0.1, -0.05) is 27.3 Å². The summed E-state index contributed by atoms with van der Waals surface area (Å²) in [7, 11) is 0. The van der Waals surface area contributed by atoms with E-state index in [9.17, 15) is 13.2 Å². The zero-order valence-electron chi connectivity index (χ0n) is 8.51. The Labute approximate surface area is 108 Å². The standard InChI is InChI=1S/C10H8BrF3N2S/c11-6-1-2-8-7(5-6)16-9(17-8)15-4-3-10(12,13)14/h1-2,5H,3-4H2,(H,15,16). The van der Waals surface area contributed by atoms with E-state index < -0.39 is 12.6 Å². The number of hydrogen-bond acceptors (Lipinski definition) is 3. The second-order valence-electron chi connectivity index (χ2n) is 3.42. The van der Waals surface area contributed by atoms with Crippen LogP contribution in [0.25, 0.3) is 10.2 Å². The lowest BCUT2D eigenvalue weighted by Gasteiger charge is -2.05. The number of nitrogens with one attached hydrogen (secondary N) is 1. The van der Waals surface area contributed by atoms with Crippen molar-refractivity contribution in [3.05, 3.63) is 22.7 Å². The summed E-state index contributed by atoms with van der Waals surface area (Å²) in [5, 5.41) is 3.20. The van der Waals surface area contributed by atoms with Crippen molar-refractivity contribution < 1.29 is 13.2 Å². The number of hydrogen-bond donors (Lipinski definition) is 1. The van der Waals surface area contributed by atoms with Gasteiger partial charge in [0.05, 0.1) is 16.6 Å². The molecular weight excluding hydrogens is 317 g/mol. The number of alkyl halides is 3. The molecule has 0 bridgehead atoms. The number of fused-ring (bicyclic) bond motifs is 1. The highest BCUT2D eigenvalue weighted by Gasteiger charge is 2.26. The SMILES string of the molecule is FC(F)(F)CCNc1nc2cc(Br)ccc2s1. The molecule has 0 radical (unpaired) electrons. The van der Waals surface area contributed by atoms with Crippen molar-refractivity contribution in [3.8, 4) is 0 Å². The Bertz CT molecular complexity index is 524. The van der Waals surface area contributed by atoms with E-state index in [2.05, 4.69) is 26.2 Å². The first-order valence-electron chi connectivity index (χ1n) is 4.81. The van der Waals surface area contributed by atoms with Crippen LogP contribution in [0.2, 0.25) is 0 Å². The van der Waals surface area contributed by atoms with Gasteiger partial charge < -0.3 is 5.32 Å². The molecule has 0 aliphatic heterocycles. The third kappa shape index (κ3) is 3.57. The molecule has 1 N–H and O–H groups in total. The van der Waals surface area contributed by atoms with E-state index in [1.807, 2.05) is 18.2 Å². The molecule has 2 rings (SSSR count). The van der Waals surface area contributed by atoms with Crippen molar-refractivity contribution in [1.82, 2.24) is 4.98 Å². The smallest absolute Gasteiger partial charge is 0.361 e. The van der Waals surface area contributed by atoms with Crippen molar-refractivity contribution >= 4 is 42.6 Å². The van der Waals surface area contributed by atoms with Crippen molar-refractivity contribution in [2.75, 3.05) is 11.9 Å². The summed E-state index contributed by atoms with van der Waals surface area (Å²) in [6.07, 6.45) is -4.99. The van der Waals surface area contributed by atoms with Crippen molar-refractivity contribution in [3.63, 3.8) is 0 Å². The lowest BCUT2D eigenvalue weighted by molar-refractivity contribution is -0.131. The molecule has 0 spiro atoms. The van der Waals surface area contributed by atoms with Crippen molar-refractivity contribution in [2.24, 2.45) is 0 Å². The number of halogens is 4. The van der Waals surface area contributed by atoms with E-state index in [0.29, 0.717) is 5.13 Å². The summed E-state index contributed by atoms with van der Waals surface area (Å²) in [4.78, 5) is 4.20. The minimum absolute atomic E-state index is 0.148. The molecule has 0 saturated carbocycles. The van der Waals surface area contributed by atoms with E-state index in [1.54, 1.807) is 0 Å². The maximum atomic E-state index is 12.0. The summed E-state index contributed by atoms with van der Waals surface area (Å²) < 4.78 is 37.7.